The van der Waals surface area contributed by atoms with Gasteiger partial charge in [0, 0.05) is 23.2 Å². The van der Waals surface area contributed by atoms with Crippen molar-refractivity contribution in [1.82, 2.24) is 0 Å². The maximum Gasteiger partial charge on any atom is 0.164 e. The molecule has 2 rings (SSSR count). The average molecular weight is 316 g/mol. The first-order chi connectivity index (χ1) is 9.52. The van der Waals surface area contributed by atoms with Crippen molar-refractivity contribution in [2.75, 3.05) is 12.4 Å². The fourth-order valence-corrected chi connectivity index (χ4v) is 2.15. The third-order valence-corrected chi connectivity index (χ3v) is 3.27. The fraction of sp³-hybridized carbons (Fsp3) is 0.143. The Kier molecular flexibility index (Phi) is 4.57. The molecule has 0 bridgehead atoms. The van der Waals surface area contributed by atoms with Gasteiger partial charge >= 0.3 is 0 Å². The maximum atomic E-state index is 13.7. The smallest absolute Gasteiger partial charge is 0.164 e. The monoisotopic (exact) mass is 315 g/mol. The molecule has 0 saturated heterocycles. The van der Waals surface area contributed by atoms with Gasteiger partial charge in [-0.05, 0) is 18.2 Å². The second-order valence-electron chi connectivity index (χ2n) is 4.07. The van der Waals surface area contributed by atoms with Gasteiger partial charge in [0.25, 0.3) is 0 Å². The second kappa shape index (κ2) is 6.20. The topological polar surface area (TPSA) is 41.5 Å². The van der Waals surface area contributed by atoms with Crippen LogP contribution in [0.5, 0.6) is 11.5 Å². The van der Waals surface area contributed by atoms with E-state index in [9.17, 15) is 9.50 Å². The fourth-order valence-electron chi connectivity index (χ4n) is 1.75. The van der Waals surface area contributed by atoms with Crippen LogP contribution in [0.4, 0.5) is 10.1 Å². The molecule has 3 nitrogen and oxygen atoms in total. The Morgan fingerprint density at radius 3 is 2.75 bits per heavy atom. The molecule has 2 aromatic rings. The number of anilines is 1. The van der Waals surface area contributed by atoms with E-state index in [1.807, 2.05) is 0 Å². The maximum absolute atomic E-state index is 13.7. The Hall–Kier alpha value is -1.65. The zero-order valence-corrected chi connectivity index (χ0v) is 12.1. The molecule has 0 amide bonds. The standard InChI is InChI=1S/C14H12Cl2FNO2/c1-20-12-6-9(15)5-8(14(12)19)7-18-11-4-2-3-10(16)13(11)17/h2-6,18-19H,7H2,1H3. The summed E-state index contributed by atoms with van der Waals surface area (Å²) in [5, 5.41) is 13.3. The van der Waals surface area contributed by atoms with Crippen molar-refractivity contribution in [2.45, 2.75) is 6.54 Å². The number of rotatable bonds is 4. The van der Waals surface area contributed by atoms with Crippen molar-refractivity contribution in [2.24, 2.45) is 0 Å². The first-order valence-corrected chi connectivity index (χ1v) is 6.51. The van der Waals surface area contributed by atoms with E-state index in [1.54, 1.807) is 18.2 Å². The number of halogens is 3. The molecule has 0 aliphatic heterocycles. The summed E-state index contributed by atoms with van der Waals surface area (Å²) in [5.41, 5.74) is 0.740. The number of hydrogen-bond donors (Lipinski definition) is 2. The van der Waals surface area contributed by atoms with E-state index < -0.39 is 5.82 Å². The number of benzene rings is 2. The van der Waals surface area contributed by atoms with Crippen molar-refractivity contribution in [3.8, 4) is 11.5 Å². The van der Waals surface area contributed by atoms with Crippen molar-refractivity contribution in [3.05, 3.63) is 51.8 Å². The molecule has 2 N–H and O–H groups in total. The Morgan fingerprint density at radius 2 is 2.05 bits per heavy atom. The first kappa shape index (κ1) is 14.8. The zero-order valence-electron chi connectivity index (χ0n) is 10.6. The van der Waals surface area contributed by atoms with E-state index in [-0.39, 0.29) is 28.8 Å². The molecular weight excluding hydrogens is 304 g/mol. The van der Waals surface area contributed by atoms with Gasteiger partial charge in [-0.2, -0.15) is 0 Å². The van der Waals surface area contributed by atoms with Gasteiger partial charge in [0.1, 0.15) is 0 Å². The lowest BCUT2D eigenvalue weighted by Crippen LogP contribution is -2.02. The number of nitrogens with one attached hydrogen (secondary N) is 1. The SMILES string of the molecule is COc1cc(Cl)cc(CNc2cccc(Cl)c2F)c1O. The number of hydrogen-bond acceptors (Lipinski definition) is 3. The van der Waals surface area contributed by atoms with Gasteiger partial charge in [0.2, 0.25) is 0 Å². The highest BCUT2D eigenvalue weighted by Crippen LogP contribution is 2.34. The Labute approximate surface area is 125 Å². The largest absolute Gasteiger partial charge is 0.504 e. The summed E-state index contributed by atoms with van der Waals surface area (Å²) < 4.78 is 18.7. The number of ether oxygens (including phenoxy) is 1. The van der Waals surface area contributed by atoms with Crippen LogP contribution < -0.4 is 10.1 Å². The number of phenols is 1. The molecule has 0 saturated carbocycles. The van der Waals surface area contributed by atoms with E-state index >= 15 is 0 Å². The Balaban J connectivity index is 2.23. The van der Waals surface area contributed by atoms with E-state index in [1.165, 1.54) is 19.2 Å². The molecule has 0 unspecified atom stereocenters. The minimum absolute atomic E-state index is 0.0305. The van der Waals surface area contributed by atoms with Gasteiger partial charge in [0.15, 0.2) is 17.3 Å². The zero-order chi connectivity index (χ0) is 14.7. The van der Waals surface area contributed by atoms with E-state index in [4.69, 9.17) is 27.9 Å². The van der Waals surface area contributed by atoms with Crippen LogP contribution >= 0.6 is 23.2 Å². The van der Waals surface area contributed by atoms with Gasteiger partial charge < -0.3 is 15.2 Å². The van der Waals surface area contributed by atoms with Crippen molar-refractivity contribution < 1.29 is 14.2 Å². The van der Waals surface area contributed by atoms with Crippen LogP contribution in [-0.4, -0.2) is 12.2 Å². The lowest BCUT2D eigenvalue weighted by atomic mass is 10.1. The van der Waals surface area contributed by atoms with Crippen LogP contribution in [-0.2, 0) is 6.54 Å². The summed E-state index contributed by atoms with van der Waals surface area (Å²) in [6.45, 7) is 0.181. The predicted octanol–water partition coefficient (Wildman–Crippen LogP) is 4.46. The highest BCUT2D eigenvalue weighted by Gasteiger charge is 2.11. The lowest BCUT2D eigenvalue weighted by molar-refractivity contribution is 0.371. The number of aromatic hydroxyl groups is 1. The molecule has 0 spiro atoms. The normalized spacial score (nSPS) is 10.4. The lowest BCUT2D eigenvalue weighted by Gasteiger charge is -2.12. The summed E-state index contributed by atoms with van der Waals surface area (Å²) in [6.07, 6.45) is 0. The minimum Gasteiger partial charge on any atom is -0.504 e. The van der Waals surface area contributed by atoms with Gasteiger partial charge in [-0.1, -0.05) is 29.3 Å². The molecule has 0 heterocycles. The molecule has 0 aliphatic carbocycles. The highest BCUT2D eigenvalue weighted by atomic mass is 35.5. The minimum atomic E-state index is -0.539. The average Bonchev–Trinajstić information content (AvgIpc) is 2.43. The highest BCUT2D eigenvalue weighted by molar-refractivity contribution is 6.31. The summed E-state index contributed by atoms with van der Waals surface area (Å²) >= 11 is 11.6. The van der Waals surface area contributed by atoms with Gasteiger partial charge in [0.05, 0.1) is 17.8 Å². The van der Waals surface area contributed by atoms with E-state index in [0.717, 1.165) is 0 Å². The van der Waals surface area contributed by atoms with Crippen LogP contribution in [0.3, 0.4) is 0 Å². The van der Waals surface area contributed by atoms with Gasteiger partial charge in [-0.25, -0.2) is 4.39 Å². The van der Waals surface area contributed by atoms with E-state index in [0.29, 0.717) is 10.6 Å². The molecule has 0 aliphatic rings. The molecular formula is C14H12Cl2FNO2. The van der Waals surface area contributed by atoms with Gasteiger partial charge in [-0.3, -0.25) is 0 Å². The summed E-state index contributed by atoms with van der Waals surface area (Å²) in [4.78, 5) is 0. The first-order valence-electron chi connectivity index (χ1n) is 5.76. The van der Waals surface area contributed by atoms with Gasteiger partial charge in [-0.15, -0.1) is 0 Å². The molecule has 0 radical (unpaired) electrons. The third-order valence-electron chi connectivity index (χ3n) is 2.76. The van der Waals surface area contributed by atoms with Crippen LogP contribution in [0.2, 0.25) is 10.0 Å². The summed E-state index contributed by atoms with van der Waals surface area (Å²) in [5.74, 6) is -0.310. The van der Waals surface area contributed by atoms with Crippen LogP contribution in [0.15, 0.2) is 30.3 Å². The van der Waals surface area contributed by atoms with Crippen molar-refractivity contribution in [3.63, 3.8) is 0 Å². The molecule has 0 aromatic heterocycles. The van der Waals surface area contributed by atoms with Crippen LogP contribution in [0, 0.1) is 5.82 Å². The van der Waals surface area contributed by atoms with E-state index in [2.05, 4.69) is 5.32 Å². The molecule has 0 atom stereocenters. The quantitative estimate of drug-likeness (QED) is 0.875. The Bertz CT molecular complexity index is 635. The number of phenolic OH excluding ortho intramolecular Hbond substituents is 1. The van der Waals surface area contributed by atoms with Crippen LogP contribution in [0.25, 0.3) is 0 Å². The van der Waals surface area contributed by atoms with Crippen molar-refractivity contribution >= 4 is 28.9 Å². The molecule has 0 fully saturated rings. The molecule has 2 aromatic carbocycles. The predicted molar refractivity (Wildman–Crippen MR) is 78.4 cm³/mol. The van der Waals surface area contributed by atoms with Crippen molar-refractivity contribution in [1.29, 1.82) is 0 Å². The Morgan fingerprint density at radius 1 is 1.30 bits per heavy atom. The second-order valence-corrected chi connectivity index (χ2v) is 4.91. The summed E-state index contributed by atoms with van der Waals surface area (Å²) in [7, 11) is 1.43. The number of methoxy groups -OCH3 is 1. The van der Waals surface area contributed by atoms with Crippen LogP contribution in [0.1, 0.15) is 5.56 Å². The summed E-state index contributed by atoms with van der Waals surface area (Å²) in [6, 6.07) is 7.73. The molecule has 6 heteroatoms. The molecule has 106 valence electrons. The third kappa shape index (κ3) is 3.08. The molecule has 20 heavy (non-hydrogen) atoms.